The summed E-state index contributed by atoms with van der Waals surface area (Å²) in [6.45, 7) is 1.31. The first kappa shape index (κ1) is 23.6. The zero-order valence-corrected chi connectivity index (χ0v) is 19.4. The van der Waals surface area contributed by atoms with Crippen LogP contribution in [0.4, 0.5) is 5.69 Å². The van der Waals surface area contributed by atoms with Gasteiger partial charge in [-0.1, -0.05) is 24.3 Å². The Balaban J connectivity index is 1.66. The lowest BCUT2D eigenvalue weighted by atomic mass is 9.95. The van der Waals surface area contributed by atoms with E-state index in [4.69, 9.17) is 9.68 Å². The molecule has 1 N–H and O–H groups in total. The maximum atomic E-state index is 13.2. The molecule has 0 aliphatic rings. The standard InChI is InChI=1S/C26H19N3O5S/c1-17(30)22-3-2-4-23(26(22)24(31)13-18-5-7-19(14-27)8-6-18)29-35(32,33)21-11-9-20(10-12-21)25-15-28-16-34-25/h2-12,15-16,29H,13H2,1H3. The van der Waals surface area contributed by atoms with E-state index < -0.39 is 15.8 Å². The van der Waals surface area contributed by atoms with E-state index in [1.807, 2.05) is 6.07 Å². The summed E-state index contributed by atoms with van der Waals surface area (Å²) in [6, 6.07) is 18.9. The van der Waals surface area contributed by atoms with Crippen LogP contribution in [0.5, 0.6) is 0 Å². The lowest BCUT2D eigenvalue weighted by molar-refractivity contribution is 0.0969. The highest BCUT2D eigenvalue weighted by molar-refractivity contribution is 7.92. The fourth-order valence-corrected chi connectivity index (χ4v) is 4.63. The summed E-state index contributed by atoms with van der Waals surface area (Å²) in [5.74, 6) is -0.309. The van der Waals surface area contributed by atoms with E-state index in [1.165, 1.54) is 49.8 Å². The van der Waals surface area contributed by atoms with Crippen molar-refractivity contribution in [2.75, 3.05) is 4.72 Å². The molecule has 3 aromatic carbocycles. The molecule has 0 atom stereocenters. The third-order valence-electron chi connectivity index (χ3n) is 5.30. The molecule has 0 saturated carbocycles. The fraction of sp³-hybridized carbons (Fsp3) is 0.0769. The average molecular weight is 486 g/mol. The number of nitriles is 1. The van der Waals surface area contributed by atoms with Crippen LogP contribution in [0.15, 0.2) is 88.6 Å². The Morgan fingerprint density at radius 2 is 1.74 bits per heavy atom. The molecule has 35 heavy (non-hydrogen) atoms. The number of anilines is 1. The van der Waals surface area contributed by atoms with Gasteiger partial charge in [0.25, 0.3) is 10.0 Å². The number of rotatable bonds is 8. The summed E-state index contributed by atoms with van der Waals surface area (Å²) in [6.07, 6.45) is 2.72. The molecular formula is C26H19N3O5S. The Morgan fingerprint density at radius 3 is 2.34 bits per heavy atom. The molecule has 0 amide bonds. The van der Waals surface area contributed by atoms with Gasteiger partial charge in [0.2, 0.25) is 0 Å². The number of nitrogens with one attached hydrogen (secondary N) is 1. The molecule has 0 fully saturated rings. The Labute approximate surface area is 201 Å². The summed E-state index contributed by atoms with van der Waals surface area (Å²) in [5, 5.41) is 8.96. The summed E-state index contributed by atoms with van der Waals surface area (Å²) in [5.41, 5.74) is 1.85. The van der Waals surface area contributed by atoms with Crippen LogP contribution in [-0.4, -0.2) is 25.0 Å². The zero-order valence-electron chi connectivity index (χ0n) is 18.6. The van der Waals surface area contributed by atoms with Crippen molar-refractivity contribution in [1.29, 1.82) is 5.26 Å². The van der Waals surface area contributed by atoms with Crippen molar-refractivity contribution in [2.24, 2.45) is 0 Å². The normalized spacial score (nSPS) is 11.0. The first-order valence-corrected chi connectivity index (χ1v) is 11.9. The topological polar surface area (TPSA) is 130 Å². The summed E-state index contributed by atoms with van der Waals surface area (Å²) in [4.78, 5) is 29.3. The minimum absolute atomic E-state index is 0.00813. The van der Waals surface area contributed by atoms with E-state index in [-0.39, 0.29) is 33.9 Å². The number of Topliss-reactive ketones (excluding diaryl/α,β-unsaturated/α-hetero) is 2. The lowest BCUT2D eigenvalue weighted by Crippen LogP contribution is -2.18. The van der Waals surface area contributed by atoms with Crippen LogP contribution in [0.2, 0.25) is 0 Å². The Morgan fingerprint density at radius 1 is 1.03 bits per heavy atom. The molecule has 0 aliphatic carbocycles. The van der Waals surface area contributed by atoms with E-state index in [2.05, 4.69) is 9.71 Å². The van der Waals surface area contributed by atoms with E-state index in [0.717, 1.165) is 0 Å². The molecule has 0 bridgehead atoms. The smallest absolute Gasteiger partial charge is 0.261 e. The van der Waals surface area contributed by atoms with Gasteiger partial charge in [-0.15, -0.1) is 0 Å². The molecule has 0 spiro atoms. The fourth-order valence-electron chi connectivity index (χ4n) is 3.56. The SMILES string of the molecule is CC(=O)c1cccc(NS(=O)(=O)c2ccc(-c3cnco3)cc2)c1C(=O)Cc1ccc(C#N)cc1. The second kappa shape index (κ2) is 9.75. The van der Waals surface area contributed by atoms with Crippen molar-refractivity contribution in [3.8, 4) is 17.4 Å². The van der Waals surface area contributed by atoms with Gasteiger partial charge in [-0.25, -0.2) is 13.4 Å². The highest BCUT2D eigenvalue weighted by Gasteiger charge is 2.23. The molecule has 4 aromatic rings. The van der Waals surface area contributed by atoms with Gasteiger partial charge in [0.1, 0.15) is 0 Å². The van der Waals surface area contributed by atoms with Crippen molar-refractivity contribution in [1.82, 2.24) is 4.98 Å². The molecule has 4 rings (SSSR count). The second-order valence-electron chi connectivity index (χ2n) is 7.69. The summed E-state index contributed by atoms with van der Waals surface area (Å²) >= 11 is 0. The molecule has 0 radical (unpaired) electrons. The van der Waals surface area contributed by atoms with E-state index in [0.29, 0.717) is 22.5 Å². The molecule has 0 saturated heterocycles. The molecule has 9 heteroatoms. The van der Waals surface area contributed by atoms with Crippen LogP contribution >= 0.6 is 0 Å². The van der Waals surface area contributed by atoms with Crippen LogP contribution in [0.25, 0.3) is 11.3 Å². The van der Waals surface area contributed by atoms with Crippen LogP contribution in [0.1, 0.15) is 38.8 Å². The predicted octanol–water partition coefficient (Wildman–Crippen LogP) is 4.64. The van der Waals surface area contributed by atoms with Crippen molar-refractivity contribution in [3.63, 3.8) is 0 Å². The van der Waals surface area contributed by atoms with Gasteiger partial charge in [0.15, 0.2) is 23.7 Å². The molecule has 8 nitrogen and oxygen atoms in total. The monoisotopic (exact) mass is 485 g/mol. The highest BCUT2D eigenvalue weighted by atomic mass is 32.2. The van der Waals surface area contributed by atoms with Crippen molar-refractivity contribution < 1.29 is 22.4 Å². The Hall–Kier alpha value is -4.55. The molecule has 0 unspecified atom stereocenters. The number of carbonyl (C=O) groups excluding carboxylic acids is 2. The number of hydrogen-bond donors (Lipinski definition) is 1. The third-order valence-corrected chi connectivity index (χ3v) is 6.68. The largest absolute Gasteiger partial charge is 0.444 e. The number of aromatic nitrogens is 1. The van der Waals surface area contributed by atoms with Crippen molar-refractivity contribution >= 4 is 27.3 Å². The number of hydrogen-bond acceptors (Lipinski definition) is 7. The van der Waals surface area contributed by atoms with Gasteiger partial charge in [0.05, 0.1) is 34.0 Å². The highest BCUT2D eigenvalue weighted by Crippen LogP contribution is 2.27. The van der Waals surface area contributed by atoms with Gasteiger partial charge in [-0.05, 0) is 55.0 Å². The quantitative estimate of drug-likeness (QED) is 0.360. The van der Waals surface area contributed by atoms with Crippen LogP contribution < -0.4 is 4.72 Å². The number of benzene rings is 3. The van der Waals surface area contributed by atoms with Crippen LogP contribution in [-0.2, 0) is 16.4 Å². The van der Waals surface area contributed by atoms with Crippen LogP contribution in [0.3, 0.4) is 0 Å². The molecule has 1 aromatic heterocycles. The summed E-state index contributed by atoms with van der Waals surface area (Å²) in [7, 11) is -4.08. The second-order valence-corrected chi connectivity index (χ2v) is 9.37. The maximum absolute atomic E-state index is 13.2. The van der Waals surface area contributed by atoms with Gasteiger partial charge in [0, 0.05) is 17.5 Å². The zero-order chi connectivity index (χ0) is 25.0. The Bertz CT molecular complexity index is 1530. The summed E-state index contributed by atoms with van der Waals surface area (Å²) < 4.78 is 33.9. The minimum atomic E-state index is -4.08. The van der Waals surface area contributed by atoms with Gasteiger partial charge >= 0.3 is 0 Å². The first-order chi connectivity index (χ1) is 16.8. The average Bonchev–Trinajstić information content (AvgIpc) is 3.39. The minimum Gasteiger partial charge on any atom is -0.444 e. The lowest BCUT2D eigenvalue weighted by Gasteiger charge is -2.15. The number of carbonyl (C=O) groups is 2. The Kier molecular flexibility index (Phi) is 6.57. The van der Waals surface area contributed by atoms with E-state index in [9.17, 15) is 18.0 Å². The van der Waals surface area contributed by atoms with Crippen molar-refractivity contribution in [3.05, 3.63) is 102 Å². The maximum Gasteiger partial charge on any atom is 0.261 e. The van der Waals surface area contributed by atoms with Crippen LogP contribution in [0, 0.1) is 11.3 Å². The van der Waals surface area contributed by atoms with Gasteiger partial charge < -0.3 is 4.42 Å². The first-order valence-electron chi connectivity index (χ1n) is 10.5. The number of ketones is 2. The number of oxazole rings is 1. The predicted molar refractivity (Wildman–Crippen MR) is 128 cm³/mol. The molecule has 1 heterocycles. The van der Waals surface area contributed by atoms with Gasteiger partial charge in [-0.3, -0.25) is 14.3 Å². The van der Waals surface area contributed by atoms with E-state index >= 15 is 0 Å². The van der Waals surface area contributed by atoms with Gasteiger partial charge in [-0.2, -0.15) is 5.26 Å². The van der Waals surface area contributed by atoms with Crippen molar-refractivity contribution in [2.45, 2.75) is 18.2 Å². The molecular weight excluding hydrogens is 466 g/mol. The number of nitrogens with zero attached hydrogens (tertiary/aromatic N) is 2. The number of sulfonamides is 1. The third kappa shape index (κ3) is 5.18. The molecule has 0 aliphatic heterocycles. The molecule has 174 valence electrons. The van der Waals surface area contributed by atoms with E-state index in [1.54, 1.807) is 36.4 Å².